The number of hydrogen-bond donors (Lipinski definition) is 4. The molecule has 3 rings (SSSR count). The first-order valence-electron chi connectivity index (χ1n) is 11.1. The molecule has 17 heteroatoms. The van der Waals surface area contributed by atoms with Gasteiger partial charge in [-0.1, -0.05) is 6.07 Å². The number of methoxy groups -OCH3 is 2. The molecule has 17 nitrogen and oxygen atoms in total. The molecule has 4 N–H and O–H groups in total. The van der Waals surface area contributed by atoms with Gasteiger partial charge in [0.15, 0.2) is 18.1 Å². The lowest BCUT2D eigenvalue weighted by Crippen LogP contribution is -2.45. The van der Waals surface area contributed by atoms with Crippen LogP contribution in [0.3, 0.4) is 0 Å². The van der Waals surface area contributed by atoms with Crippen molar-refractivity contribution in [2.45, 2.75) is 13.0 Å². The van der Waals surface area contributed by atoms with E-state index in [9.17, 15) is 39.7 Å². The maximum atomic E-state index is 12.3. The summed E-state index contributed by atoms with van der Waals surface area (Å²) >= 11 is 0. The van der Waals surface area contributed by atoms with Gasteiger partial charge < -0.3 is 30.0 Å². The summed E-state index contributed by atoms with van der Waals surface area (Å²) in [6, 6.07) is 4.53. The van der Waals surface area contributed by atoms with E-state index in [1.165, 1.54) is 26.4 Å². The molecule has 2 aromatic carbocycles. The minimum atomic E-state index is -1.00. The number of carbonyl (C=O) groups is 3. The second-order valence-corrected chi connectivity index (χ2v) is 7.97. The van der Waals surface area contributed by atoms with Gasteiger partial charge in [0.05, 0.1) is 53.5 Å². The van der Waals surface area contributed by atoms with Gasteiger partial charge in [-0.3, -0.25) is 25.0 Å². The number of aromatic hydroxyl groups is 1. The van der Waals surface area contributed by atoms with Crippen molar-refractivity contribution in [2.75, 3.05) is 20.8 Å². The molecule has 0 saturated carbocycles. The van der Waals surface area contributed by atoms with Crippen LogP contribution in [0, 0.1) is 20.2 Å². The van der Waals surface area contributed by atoms with Crippen molar-refractivity contribution in [3.63, 3.8) is 0 Å². The van der Waals surface area contributed by atoms with Crippen LogP contribution in [0.25, 0.3) is 0 Å². The van der Waals surface area contributed by atoms with Crippen LogP contribution in [0.5, 0.6) is 17.2 Å². The van der Waals surface area contributed by atoms with E-state index in [1.807, 2.05) is 0 Å². The number of nitro groups is 2. The highest BCUT2D eigenvalue weighted by Crippen LogP contribution is 2.35. The molecule has 0 radical (unpaired) electrons. The number of nitrogens with zero attached hydrogens (tertiary/aromatic N) is 3. The molecule has 2 aromatic rings. The van der Waals surface area contributed by atoms with Gasteiger partial charge in [0.1, 0.15) is 0 Å². The van der Waals surface area contributed by atoms with Crippen molar-refractivity contribution in [3.8, 4) is 17.2 Å². The number of allylic oxidation sites excluding steroid dienone is 1. The lowest BCUT2D eigenvalue weighted by molar-refractivity contribution is -0.394. The molecule has 0 aliphatic carbocycles. The summed E-state index contributed by atoms with van der Waals surface area (Å²) < 4.78 is 15.6. The van der Waals surface area contributed by atoms with Gasteiger partial charge in [-0.05, 0) is 24.6 Å². The van der Waals surface area contributed by atoms with Gasteiger partial charge >= 0.3 is 17.7 Å². The summed E-state index contributed by atoms with van der Waals surface area (Å²) in [6.07, 6.45) is 0.796. The highest BCUT2D eigenvalue weighted by Gasteiger charge is 2.32. The Bertz CT molecular complexity index is 1450. The van der Waals surface area contributed by atoms with E-state index in [0.717, 1.165) is 12.3 Å². The molecule has 0 unspecified atom stereocenters. The van der Waals surface area contributed by atoms with Gasteiger partial charge in [0, 0.05) is 11.8 Å². The predicted molar refractivity (Wildman–Crippen MR) is 135 cm³/mol. The minimum absolute atomic E-state index is 0.123. The number of non-ortho nitro benzene ring substituents is 1. The van der Waals surface area contributed by atoms with Crippen molar-refractivity contribution < 1.29 is 43.5 Å². The molecule has 0 spiro atoms. The van der Waals surface area contributed by atoms with Crippen molar-refractivity contribution >= 4 is 35.5 Å². The lowest BCUT2D eigenvalue weighted by Gasteiger charge is -2.28. The summed E-state index contributed by atoms with van der Waals surface area (Å²) in [4.78, 5) is 56.7. The average Bonchev–Trinajstić information content (AvgIpc) is 2.91. The third-order valence-corrected chi connectivity index (χ3v) is 5.46. The Hall–Kier alpha value is -5.74. The predicted octanol–water partition coefficient (Wildman–Crippen LogP) is 1.55. The van der Waals surface area contributed by atoms with Crippen LogP contribution in [-0.4, -0.2) is 59.9 Å². The minimum Gasteiger partial charge on any atom is -0.502 e. The Morgan fingerprint density at radius 2 is 1.88 bits per heavy atom. The number of phenols is 1. The van der Waals surface area contributed by atoms with E-state index >= 15 is 0 Å². The summed E-state index contributed by atoms with van der Waals surface area (Å²) in [5, 5.41) is 40.7. The quantitative estimate of drug-likeness (QED) is 0.141. The lowest BCUT2D eigenvalue weighted by atomic mass is 9.95. The van der Waals surface area contributed by atoms with E-state index in [0.29, 0.717) is 17.3 Å². The van der Waals surface area contributed by atoms with E-state index < -0.39 is 57.5 Å². The number of hydrogen-bond acceptors (Lipinski definition) is 12. The number of urea groups is 1. The molecule has 1 aliphatic heterocycles. The van der Waals surface area contributed by atoms with Crippen LogP contribution in [-0.2, 0) is 14.3 Å². The summed E-state index contributed by atoms with van der Waals surface area (Å²) in [5.74, 6) is -2.03. The molecule has 210 valence electrons. The van der Waals surface area contributed by atoms with Gasteiger partial charge in [-0.2, -0.15) is 5.10 Å². The standard InChI is InChI=1S/C23H22N6O11/c1-11-19(22(32)39-3)20(26-23(33)25-11)12-4-5-16(17(7-12)38-2)40-10-18(30)27-24-9-13-6-14(28(34)35)8-15(21(13)31)29(36)37/h4-9,20,31H,10H2,1-3H3,(H,27,30)(H2,25,26,33)/b24-9-/t20-/m1/s1. The third kappa shape index (κ3) is 6.39. The van der Waals surface area contributed by atoms with Crippen molar-refractivity contribution in [2.24, 2.45) is 5.10 Å². The molecule has 1 atom stereocenters. The molecule has 0 aromatic heterocycles. The molecule has 3 amide bonds. The maximum absolute atomic E-state index is 12.3. The number of esters is 1. The van der Waals surface area contributed by atoms with Crippen molar-refractivity contribution in [3.05, 3.63) is 73.0 Å². The molecular formula is C23H22N6O11. The SMILES string of the molecule is COC(=O)C1=C(C)NC(=O)N[C@@H]1c1ccc(OCC(=O)N/N=C\c2cc([N+](=O)[O-])cc([N+](=O)[O-])c2O)c(OC)c1. The van der Waals surface area contributed by atoms with Crippen LogP contribution in [0.2, 0.25) is 0 Å². The van der Waals surface area contributed by atoms with Crippen molar-refractivity contribution in [1.82, 2.24) is 16.1 Å². The van der Waals surface area contributed by atoms with E-state index in [2.05, 4.69) is 21.2 Å². The number of nitro benzene ring substituents is 2. The number of ether oxygens (including phenoxy) is 3. The second-order valence-electron chi connectivity index (χ2n) is 7.97. The molecule has 0 fully saturated rings. The number of nitrogens with one attached hydrogen (secondary N) is 3. The monoisotopic (exact) mass is 558 g/mol. The Morgan fingerprint density at radius 1 is 1.15 bits per heavy atom. The highest BCUT2D eigenvalue weighted by molar-refractivity contribution is 5.95. The molecule has 1 heterocycles. The fourth-order valence-electron chi connectivity index (χ4n) is 3.63. The molecule has 0 saturated heterocycles. The normalized spacial score (nSPS) is 14.7. The van der Waals surface area contributed by atoms with E-state index in [-0.39, 0.29) is 22.6 Å². The Balaban J connectivity index is 1.72. The number of rotatable bonds is 10. The second kappa shape index (κ2) is 12.2. The summed E-state index contributed by atoms with van der Waals surface area (Å²) in [7, 11) is 2.54. The zero-order chi connectivity index (χ0) is 29.6. The molecule has 40 heavy (non-hydrogen) atoms. The Kier molecular flexibility index (Phi) is 8.79. The fourth-order valence-corrected chi connectivity index (χ4v) is 3.63. The third-order valence-electron chi connectivity index (χ3n) is 5.46. The zero-order valence-electron chi connectivity index (χ0n) is 21.1. The Morgan fingerprint density at radius 3 is 2.50 bits per heavy atom. The van der Waals surface area contributed by atoms with Gasteiger partial charge in [-0.25, -0.2) is 15.0 Å². The van der Waals surface area contributed by atoms with Crippen LogP contribution in [0.15, 0.2) is 46.7 Å². The van der Waals surface area contributed by atoms with Crippen LogP contribution >= 0.6 is 0 Å². The molecule has 0 bridgehead atoms. The van der Waals surface area contributed by atoms with Gasteiger partial charge in [0.2, 0.25) is 5.75 Å². The average molecular weight is 558 g/mol. The van der Waals surface area contributed by atoms with E-state index in [1.54, 1.807) is 13.0 Å². The first-order chi connectivity index (χ1) is 19.0. The largest absolute Gasteiger partial charge is 0.502 e. The fraction of sp³-hybridized carbons (Fsp3) is 0.217. The molecular weight excluding hydrogens is 536 g/mol. The topological polar surface area (TPSA) is 234 Å². The van der Waals surface area contributed by atoms with Crippen LogP contribution in [0.4, 0.5) is 16.2 Å². The number of carbonyl (C=O) groups excluding carboxylic acids is 3. The van der Waals surface area contributed by atoms with Crippen LogP contribution in [0.1, 0.15) is 24.1 Å². The summed E-state index contributed by atoms with van der Waals surface area (Å²) in [5.41, 5.74) is 1.06. The smallest absolute Gasteiger partial charge is 0.337 e. The number of hydrazone groups is 1. The number of phenolic OH excluding ortho intramolecular Hbond substituents is 1. The van der Waals surface area contributed by atoms with Crippen molar-refractivity contribution in [1.29, 1.82) is 0 Å². The van der Waals surface area contributed by atoms with Crippen LogP contribution < -0.4 is 25.5 Å². The van der Waals surface area contributed by atoms with E-state index in [4.69, 9.17) is 14.2 Å². The summed E-state index contributed by atoms with van der Waals surface area (Å²) in [6.45, 7) is 0.972. The number of benzene rings is 2. The first-order valence-corrected chi connectivity index (χ1v) is 11.1. The Labute approximate surface area is 224 Å². The highest BCUT2D eigenvalue weighted by atomic mass is 16.6. The zero-order valence-corrected chi connectivity index (χ0v) is 21.1. The number of amides is 3. The molecule has 1 aliphatic rings. The van der Waals surface area contributed by atoms with Gasteiger partial charge in [0.25, 0.3) is 11.6 Å². The van der Waals surface area contributed by atoms with Gasteiger partial charge in [-0.15, -0.1) is 0 Å². The maximum Gasteiger partial charge on any atom is 0.337 e. The first kappa shape index (κ1) is 28.8.